The zero-order valence-electron chi connectivity index (χ0n) is 17.3. The Morgan fingerprint density at radius 3 is 2.53 bits per heavy atom. The van der Waals surface area contributed by atoms with Crippen LogP contribution in [0.5, 0.6) is 0 Å². The summed E-state index contributed by atoms with van der Waals surface area (Å²) in [5.41, 5.74) is 5.54. The number of hydrogen-bond donors (Lipinski definition) is 2. The van der Waals surface area contributed by atoms with Crippen LogP contribution in [0.15, 0.2) is 48.5 Å². The molecule has 0 aliphatic heterocycles. The lowest BCUT2D eigenvalue weighted by Gasteiger charge is -2.09. The number of amides is 1. The summed E-state index contributed by atoms with van der Waals surface area (Å²) in [6, 6.07) is 14.2. The quantitative estimate of drug-likeness (QED) is 0.586. The first kappa shape index (κ1) is 21.3. The van der Waals surface area contributed by atoms with Crippen LogP contribution in [0.1, 0.15) is 39.3 Å². The highest BCUT2D eigenvalue weighted by atomic mass is 16.5. The summed E-state index contributed by atoms with van der Waals surface area (Å²) >= 11 is 0. The fourth-order valence-electron chi connectivity index (χ4n) is 3.32. The van der Waals surface area contributed by atoms with Crippen LogP contribution in [0.3, 0.4) is 0 Å². The molecule has 7 nitrogen and oxygen atoms in total. The molecule has 156 valence electrons. The van der Waals surface area contributed by atoms with E-state index in [1.54, 1.807) is 36.4 Å². The van der Waals surface area contributed by atoms with E-state index in [1.165, 1.54) is 7.11 Å². The van der Waals surface area contributed by atoms with E-state index in [0.717, 1.165) is 28.2 Å². The first-order chi connectivity index (χ1) is 14.4. The number of hydrogen-bond acceptors (Lipinski definition) is 5. The summed E-state index contributed by atoms with van der Waals surface area (Å²) in [5, 5.41) is 16.6. The van der Waals surface area contributed by atoms with Crippen LogP contribution in [0.25, 0.3) is 5.69 Å². The molecule has 0 saturated carbocycles. The second-order valence-corrected chi connectivity index (χ2v) is 7.00. The van der Waals surface area contributed by atoms with E-state index in [-0.39, 0.29) is 18.5 Å². The molecule has 0 saturated heterocycles. The van der Waals surface area contributed by atoms with E-state index in [2.05, 4.69) is 10.4 Å². The van der Waals surface area contributed by atoms with Gasteiger partial charge in [-0.3, -0.25) is 9.59 Å². The smallest absolute Gasteiger partial charge is 0.305 e. The van der Waals surface area contributed by atoms with Crippen molar-refractivity contribution in [1.82, 2.24) is 9.78 Å². The summed E-state index contributed by atoms with van der Waals surface area (Å²) in [7, 11) is 1.38. The van der Waals surface area contributed by atoms with Gasteiger partial charge in [-0.15, -0.1) is 0 Å². The third-order valence-corrected chi connectivity index (χ3v) is 4.99. The van der Waals surface area contributed by atoms with Crippen molar-refractivity contribution in [3.05, 3.63) is 76.6 Å². The standard InChI is InChI=1S/C23H25N3O4/c1-15-21(11-12-22(28)30-3)16(2)26(25-15)20-9-7-18(8-10-20)23(29)24-19-6-4-5-17(13-19)14-27/h4-10,13,27H,11-12,14H2,1-3H3,(H,24,29). The van der Waals surface area contributed by atoms with E-state index >= 15 is 0 Å². The van der Waals surface area contributed by atoms with Crippen molar-refractivity contribution in [3.63, 3.8) is 0 Å². The number of rotatable bonds is 7. The van der Waals surface area contributed by atoms with Gasteiger partial charge in [0, 0.05) is 23.4 Å². The highest BCUT2D eigenvalue weighted by Gasteiger charge is 2.15. The van der Waals surface area contributed by atoms with Crippen LogP contribution >= 0.6 is 0 Å². The molecule has 7 heteroatoms. The van der Waals surface area contributed by atoms with Crippen LogP contribution < -0.4 is 5.32 Å². The number of nitrogens with one attached hydrogen (secondary N) is 1. The molecule has 0 atom stereocenters. The number of aliphatic hydroxyl groups excluding tert-OH is 1. The molecule has 2 aromatic carbocycles. The van der Waals surface area contributed by atoms with Gasteiger partial charge in [0.25, 0.3) is 5.91 Å². The number of aliphatic hydroxyl groups is 1. The number of aryl methyl sites for hydroxylation is 1. The minimum Gasteiger partial charge on any atom is -0.469 e. The molecular weight excluding hydrogens is 382 g/mol. The van der Waals surface area contributed by atoms with Crippen LogP contribution in [0.2, 0.25) is 0 Å². The molecule has 2 N–H and O–H groups in total. The van der Waals surface area contributed by atoms with E-state index in [0.29, 0.717) is 24.1 Å². The summed E-state index contributed by atoms with van der Waals surface area (Å²) in [6.07, 6.45) is 0.873. The van der Waals surface area contributed by atoms with Gasteiger partial charge in [0.15, 0.2) is 0 Å². The van der Waals surface area contributed by atoms with E-state index in [9.17, 15) is 14.7 Å². The van der Waals surface area contributed by atoms with Gasteiger partial charge in [-0.25, -0.2) is 4.68 Å². The Bertz CT molecular complexity index is 1050. The monoisotopic (exact) mass is 407 g/mol. The van der Waals surface area contributed by atoms with Gasteiger partial charge in [0.05, 0.1) is 25.1 Å². The predicted octanol–water partition coefficient (Wildman–Crippen LogP) is 3.34. The van der Waals surface area contributed by atoms with E-state index in [1.807, 2.05) is 30.7 Å². The lowest BCUT2D eigenvalue weighted by atomic mass is 10.1. The number of carbonyl (C=O) groups excluding carboxylic acids is 2. The Labute approximate surface area is 175 Å². The molecule has 3 aromatic rings. The predicted molar refractivity (Wildman–Crippen MR) is 114 cm³/mol. The lowest BCUT2D eigenvalue weighted by Crippen LogP contribution is -2.12. The number of esters is 1. The molecule has 1 amide bonds. The van der Waals surface area contributed by atoms with Gasteiger partial charge in [-0.05, 0) is 67.8 Å². The molecule has 0 spiro atoms. The largest absolute Gasteiger partial charge is 0.469 e. The van der Waals surface area contributed by atoms with Crippen molar-refractivity contribution in [2.45, 2.75) is 33.3 Å². The maximum Gasteiger partial charge on any atom is 0.305 e. The van der Waals surface area contributed by atoms with Crippen LogP contribution in [-0.2, 0) is 22.6 Å². The molecule has 1 aromatic heterocycles. The number of benzene rings is 2. The Kier molecular flexibility index (Phi) is 6.64. The van der Waals surface area contributed by atoms with Crippen LogP contribution in [-0.4, -0.2) is 33.9 Å². The van der Waals surface area contributed by atoms with Crippen LogP contribution in [0.4, 0.5) is 5.69 Å². The SMILES string of the molecule is COC(=O)CCc1c(C)nn(-c2ccc(C(=O)Nc3cccc(CO)c3)cc2)c1C. The summed E-state index contributed by atoms with van der Waals surface area (Å²) in [6.45, 7) is 3.79. The molecule has 0 aliphatic carbocycles. The minimum absolute atomic E-state index is 0.0807. The maximum absolute atomic E-state index is 12.5. The van der Waals surface area contributed by atoms with Gasteiger partial charge in [0.1, 0.15) is 0 Å². The highest BCUT2D eigenvalue weighted by Crippen LogP contribution is 2.20. The first-order valence-corrected chi connectivity index (χ1v) is 9.66. The van der Waals surface area contributed by atoms with E-state index in [4.69, 9.17) is 4.74 Å². The minimum atomic E-state index is -0.249. The third kappa shape index (κ3) is 4.75. The number of aromatic nitrogens is 2. The second-order valence-electron chi connectivity index (χ2n) is 7.00. The van der Waals surface area contributed by atoms with Gasteiger partial charge < -0.3 is 15.2 Å². The van der Waals surface area contributed by atoms with Crippen molar-refractivity contribution < 1.29 is 19.4 Å². The first-order valence-electron chi connectivity index (χ1n) is 9.66. The topological polar surface area (TPSA) is 93.5 Å². The van der Waals surface area contributed by atoms with Crippen molar-refractivity contribution >= 4 is 17.6 Å². The fraction of sp³-hybridized carbons (Fsp3) is 0.261. The van der Waals surface area contributed by atoms with Crippen LogP contribution in [0, 0.1) is 13.8 Å². The molecule has 0 aliphatic rings. The maximum atomic E-state index is 12.5. The Hall–Kier alpha value is -3.45. The van der Waals surface area contributed by atoms with E-state index < -0.39 is 0 Å². The second kappa shape index (κ2) is 9.37. The molecule has 0 radical (unpaired) electrons. The molecule has 0 unspecified atom stereocenters. The molecule has 30 heavy (non-hydrogen) atoms. The van der Waals surface area contributed by atoms with Crippen molar-refractivity contribution in [2.75, 3.05) is 12.4 Å². The number of ether oxygens (including phenoxy) is 1. The summed E-state index contributed by atoms with van der Waals surface area (Å²) < 4.78 is 6.53. The molecule has 3 rings (SSSR count). The zero-order chi connectivity index (χ0) is 21.7. The van der Waals surface area contributed by atoms with Gasteiger partial charge in [-0.1, -0.05) is 12.1 Å². The highest BCUT2D eigenvalue weighted by molar-refractivity contribution is 6.04. The Balaban J connectivity index is 1.75. The number of anilines is 1. The van der Waals surface area contributed by atoms with Gasteiger partial charge in [0.2, 0.25) is 0 Å². The zero-order valence-corrected chi connectivity index (χ0v) is 17.3. The molecule has 0 fully saturated rings. The van der Waals surface area contributed by atoms with Crippen molar-refractivity contribution in [3.8, 4) is 5.69 Å². The molecular formula is C23H25N3O4. The fourth-order valence-corrected chi connectivity index (χ4v) is 3.32. The number of nitrogens with zero attached hydrogens (tertiary/aromatic N) is 2. The summed E-state index contributed by atoms with van der Waals surface area (Å²) in [4.78, 5) is 24.0. The average Bonchev–Trinajstić information content (AvgIpc) is 3.05. The molecule has 0 bridgehead atoms. The summed E-state index contributed by atoms with van der Waals surface area (Å²) in [5.74, 6) is -0.481. The van der Waals surface area contributed by atoms with Crippen molar-refractivity contribution in [2.24, 2.45) is 0 Å². The Morgan fingerprint density at radius 1 is 1.13 bits per heavy atom. The number of carbonyl (C=O) groups is 2. The average molecular weight is 407 g/mol. The third-order valence-electron chi connectivity index (χ3n) is 4.99. The van der Waals surface area contributed by atoms with Gasteiger partial charge in [-0.2, -0.15) is 5.10 Å². The lowest BCUT2D eigenvalue weighted by molar-refractivity contribution is -0.140. The molecule has 1 heterocycles. The normalized spacial score (nSPS) is 10.7. The van der Waals surface area contributed by atoms with Gasteiger partial charge >= 0.3 is 5.97 Å². The van der Waals surface area contributed by atoms with Crippen molar-refractivity contribution in [1.29, 1.82) is 0 Å². The number of methoxy groups -OCH3 is 1. The Morgan fingerprint density at radius 2 is 1.87 bits per heavy atom.